The minimum Gasteiger partial charge on any atom is -0.308 e. The normalized spacial score (nSPS) is 11.3. The van der Waals surface area contributed by atoms with Crippen LogP contribution in [0, 0.1) is 24.0 Å². The standard InChI is InChI=1S/C30H26N8O2/c1-4-27-32-28-19(2)17-20(3)31-30(28)36(27)18-21-9-11-22(12-10-21)25-7-5-6-8-26(25)29-33-34-35-37(29)23-13-15-24(16-14-23)38(39)40/h5-17H,4,18H2,1-3H3. The van der Waals surface area contributed by atoms with Gasteiger partial charge in [0.15, 0.2) is 11.5 Å². The van der Waals surface area contributed by atoms with Crippen LogP contribution in [0.2, 0.25) is 0 Å². The predicted octanol–water partition coefficient (Wildman–Crippen LogP) is 5.88. The molecule has 3 aromatic carbocycles. The molecule has 3 aromatic heterocycles. The van der Waals surface area contributed by atoms with Crippen molar-refractivity contribution in [1.29, 1.82) is 0 Å². The summed E-state index contributed by atoms with van der Waals surface area (Å²) in [5, 5.41) is 23.4. The number of hydrogen-bond donors (Lipinski definition) is 0. The highest BCUT2D eigenvalue weighted by molar-refractivity contribution is 5.81. The summed E-state index contributed by atoms with van der Waals surface area (Å²) in [5.74, 6) is 1.56. The van der Waals surface area contributed by atoms with Gasteiger partial charge in [-0.1, -0.05) is 55.5 Å². The van der Waals surface area contributed by atoms with Gasteiger partial charge in [0.05, 0.1) is 17.2 Å². The molecule has 198 valence electrons. The minimum atomic E-state index is -0.430. The van der Waals surface area contributed by atoms with Crippen molar-refractivity contribution in [3.8, 4) is 28.2 Å². The third-order valence-electron chi connectivity index (χ3n) is 6.97. The Kier molecular flexibility index (Phi) is 6.35. The number of benzene rings is 3. The van der Waals surface area contributed by atoms with Crippen LogP contribution in [0.4, 0.5) is 5.69 Å². The van der Waals surface area contributed by atoms with Crippen LogP contribution in [-0.2, 0) is 13.0 Å². The first-order valence-corrected chi connectivity index (χ1v) is 13.0. The van der Waals surface area contributed by atoms with E-state index in [0.29, 0.717) is 18.1 Å². The number of imidazole rings is 1. The fourth-order valence-electron chi connectivity index (χ4n) is 5.03. The third-order valence-corrected chi connectivity index (χ3v) is 6.97. The van der Waals surface area contributed by atoms with Gasteiger partial charge in [-0.2, -0.15) is 4.68 Å². The number of tetrazole rings is 1. The number of hydrogen-bond acceptors (Lipinski definition) is 7. The van der Waals surface area contributed by atoms with Crippen LogP contribution in [0.25, 0.3) is 39.4 Å². The van der Waals surface area contributed by atoms with Crippen LogP contribution in [0.3, 0.4) is 0 Å². The third kappa shape index (κ3) is 4.49. The maximum Gasteiger partial charge on any atom is 0.269 e. The molecule has 6 aromatic rings. The highest BCUT2D eigenvalue weighted by Gasteiger charge is 2.17. The minimum absolute atomic E-state index is 0.00895. The Bertz CT molecular complexity index is 1850. The molecule has 0 bridgehead atoms. The molecule has 10 nitrogen and oxygen atoms in total. The van der Waals surface area contributed by atoms with Gasteiger partial charge in [-0.15, -0.1) is 5.10 Å². The lowest BCUT2D eigenvalue weighted by atomic mass is 9.98. The molecular weight excluding hydrogens is 504 g/mol. The predicted molar refractivity (Wildman–Crippen MR) is 152 cm³/mol. The molecule has 0 N–H and O–H groups in total. The van der Waals surface area contributed by atoms with E-state index >= 15 is 0 Å². The van der Waals surface area contributed by atoms with Crippen molar-refractivity contribution < 1.29 is 4.92 Å². The van der Waals surface area contributed by atoms with E-state index in [1.807, 2.05) is 31.2 Å². The van der Waals surface area contributed by atoms with Crippen molar-refractivity contribution in [2.45, 2.75) is 33.7 Å². The average Bonchev–Trinajstić information content (AvgIpc) is 3.59. The van der Waals surface area contributed by atoms with Crippen LogP contribution >= 0.6 is 0 Å². The van der Waals surface area contributed by atoms with Gasteiger partial charge in [-0.25, -0.2) is 9.97 Å². The summed E-state index contributed by atoms with van der Waals surface area (Å²) in [5.41, 5.74) is 8.63. The molecule has 0 unspecified atom stereocenters. The summed E-state index contributed by atoms with van der Waals surface area (Å²) in [7, 11) is 0. The number of nitro benzene ring substituents is 1. The van der Waals surface area contributed by atoms with Gasteiger partial charge < -0.3 is 4.57 Å². The number of fused-ring (bicyclic) bond motifs is 1. The molecule has 0 atom stereocenters. The van der Waals surface area contributed by atoms with Gasteiger partial charge in [0.25, 0.3) is 5.69 Å². The molecule has 10 heteroatoms. The summed E-state index contributed by atoms with van der Waals surface area (Å²) in [6.45, 7) is 6.89. The maximum absolute atomic E-state index is 11.1. The van der Waals surface area contributed by atoms with Crippen molar-refractivity contribution >= 4 is 16.9 Å². The van der Waals surface area contributed by atoms with Crippen molar-refractivity contribution in [2.75, 3.05) is 0 Å². The fourth-order valence-corrected chi connectivity index (χ4v) is 5.03. The number of pyridine rings is 1. The highest BCUT2D eigenvalue weighted by Crippen LogP contribution is 2.32. The van der Waals surface area contributed by atoms with E-state index in [0.717, 1.165) is 56.9 Å². The number of nitrogens with zero attached hydrogens (tertiary/aromatic N) is 8. The zero-order chi connectivity index (χ0) is 27.8. The SMILES string of the molecule is CCc1nc2c(C)cc(C)nc2n1Cc1ccc(-c2ccccc2-c2nnnn2-c2ccc([N+](=O)[O-])cc2)cc1. The summed E-state index contributed by atoms with van der Waals surface area (Å²) in [6, 6.07) is 24.6. The summed E-state index contributed by atoms with van der Waals surface area (Å²) in [6.07, 6.45) is 0.823. The van der Waals surface area contributed by atoms with Crippen molar-refractivity contribution in [3.05, 3.63) is 112 Å². The second-order valence-electron chi connectivity index (χ2n) is 9.65. The van der Waals surface area contributed by atoms with Crippen LogP contribution in [0.15, 0.2) is 78.9 Å². The van der Waals surface area contributed by atoms with E-state index in [-0.39, 0.29) is 5.69 Å². The lowest BCUT2D eigenvalue weighted by molar-refractivity contribution is -0.384. The number of nitro groups is 1. The van der Waals surface area contributed by atoms with E-state index in [4.69, 9.17) is 9.97 Å². The molecule has 6 rings (SSSR count). The number of aromatic nitrogens is 7. The van der Waals surface area contributed by atoms with Gasteiger partial charge in [0.2, 0.25) is 0 Å². The molecule has 40 heavy (non-hydrogen) atoms. The van der Waals surface area contributed by atoms with Crippen LogP contribution in [0.1, 0.15) is 29.6 Å². The first kappa shape index (κ1) is 25.1. The van der Waals surface area contributed by atoms with Crippen LogP contribution in [-0.4, -0.2) is 39.7 Å². The molecule has 0 aliphatic heterocycles. The molecule has 0 radical (unpaired) electrons. The van der Waals surface area contributed by atoms with E-state index < -0.39 is 4.92 Å². The molecule has 0 spiro atoms. The smallest absolute Gasteiger partial charge is 0.269 e. The van der Waals surface area contributed by atoms with Crippen LogP contribution < -0.4 is 0 Å². The number of non-ortho nitro benzene ring substituents is 1. The Hall–Kier alpha value is -5.25. The monoisotopic (exact) mass is 530 g/mol. The lowest BCUT2D eigenvalue weighted by Crippen LogP contribution is -2.05. The quantitative estimate of drug-likeness (QED) is 0.187. The van der Waals surface area contributed by atoms with E-state index in [1.54, 1.807) is 16.8 Å². The highest BCUT2D eigenvalue weighted by atomic mass is 16.6. The largest absolute Gasteiger partial charge is 0.308 e. The molecule has 0 aliphatic rings. The average molecular weight is 531 g/mol. The van der Waals surface area contributed by atoms with Gasteiger partial charge >= 0.3 is 0 Å². The van der Waals surface area contributed by atoms with Crippen molar-refractivity contribution in [2.24, 2.45) is 0 Å². The Morgan fingerprint density at radius 3 is 2.33 bits per heavy atom. The Balaban J connectivity index is 1.34. The van der Waals surface area contributed by atoms with Gasteiger partial charge in [0, 0.05) is 29.8 Å². The summed E-state index contributed by atoms with van der Waals surface area (Å²) in [4.78, 5) is 20.3. The van der Waals surface area contributed by atoms with Gasteiger partial charge in [-0.05, 0) is 64.7 Å². The second kappa shape index (κ2) is 10.1. The topological polar surface area (TPSA) is 117 Å². The Morgan fingerprint density at radius 2 is 1.62 bits per heavy atom. The molecule has 0 fully saturated rings. The van der Waals surface area contributed by atoms with E-state index in [2.05, 4.69) is 64.3 Å². The zero-order valence-electron chi connectivity index (χ0n) is 22.3. The van der Waals surface area contributed by atoms with Gasteiger partial charge in [-0.3, -0.25) is 10.1 Å². The van der Waals surface area contributed by atoms with E-state index in [1.165, 1.54) is 12.1 Å². The Morgan fingerprint density at radius 1 is 0.900 bits per heavy atom. The molecular formula is C30H26N8O2. The lowest BCUT2D eigenvalue weighted by Gasteiger charge is -2.12. The molecule has 0 amide bonds. The van der Waals surface area contributed by atoms with Crippen molar-refractivity contribution in [1.82, 2.24) is 34.7 Å². The first-order valence-electron chi connectivity index (χ1n) is 13.0. The molecule has 3 heterocycles. The molecule has 0 saturated carbocycles. The van der Waals surface area contributed by atoms with Gasteiger partial charge in [0.1, 0.15) is 11.3 Å². The van der Waals surface area contributed by atoms with Crippen molar-refractivity contribution in [3.63, 3.8) is 0 Å². The second-order valence-corrected chi connectivity index (χ2v) is 9.65. The maximum atomic E-state index is 11.1. The molecule has 0 aliphatic carbocycles. The summed E-state index contributed by atoms with van der Waals surface area (Å²) >= 11 is 0. The number of aryl methyl sites for hydroxylation is 3. The Labute approximate surface area is 230 Å². The fraction of sp³-hybridized carbons (Fsp3) is 0.167. The zero-order valence-corrected chi connectivity index (χ0v) is 22.3. The first-order chi connectivity index (χ1) is 19.4. The summed E-state index contributed by atoms with van der Waals surface area (Å²) < 4.78 is 3.79. The van der Waals surface area contributed by atoms with Crippen LogP contribution in [0.5, 0.6) is 0 Å². The van der Waals surface area contributed by atoms with E-state index in [9.17, 15) is 10.1 Å². The number of rotatable bonds is 7. The molecule has 0 saturated heterocycles.